The molecule has 0 bridgehead atoms. The number of alkyl halides is 3. The van der Waals surface area contributed by atoms with Crippen LogP contribution in [0.3, 0.4) is 0 Å². The lowest BCUT2D eigenvalue weighted by Crippen LogP contribution is -2.30. The van der Waals surface area contributed by atoms with Gasteiger partial charge in [0.05, 0.1) is 0 Å². The zero-order valence-corrected chi connectivity index (χ0v) is 7.71. The van der Waals surface area contributed by atoms with E-state index in [1.807, 2.05) is 0 Å². The summed E-state index contributed by atoms with van der Waals surface area (Å²) in [5.41, 5.74) is 0. The van der Waals surface area contributed by atoms with Crippen molar-refractivity contribution in [1.82, 2.24) is 10.2 Å². The third-order valence-corrected chi connectivity index (χ3v) is 1.45. The van der Waals surface area contributed by atoms with E-state index in [4.69, 9.17) is 16.8 Å². The molecule has 0 fully saturated rings. The monoisotopic (exact) mass is 240 g/mol. The van der Waals surface area contributed by atoms with Gasteiger partial charge in [-0.3, -0.25) is 0 Å². The fourth-order valence-electron chi connectivity index (χ4n) is 0.657. The first-order chi connectivity index (χ1) is 6.93. The van der Waals surface area contributed by atoms with Crippen molar-refractivity contribution in [3.05, 3.63) is 17.3 Å². The molecule has 1 rings (SSSR count). The van der Waals surface area contributed by atoms with Crippen molar-refractivity contribution in [2.75, 3.05) is 5.32 Å². The lowest BCUT2D eigenvalue weighted by Gasteiger charge is -2.09. The van der Waals surface area contributed by atoms with Crippen LogP contribution in [0.4, 0.5) is 19.0 Å². The van der Waals surface area contributed by atoms with Crippen molar-refractivity contribution in [2.45, 2.75) is 6.18 Å². The summed E-state index contributed by atoms with van der Waals surface area (Å²) in [7, 11) is 0. The lowest BCUT2D eigenvalue weighted by molar-refractivity contribution is -0.0608. The Balaban J connectivity index is 2.81. The number of oxime groups is 1. The summed E-state index contributed by atoms with van der Waals surface area (Å²) >= 11 is 5.37. The summed E-state index contributed by atoms with van der Waals surface area (Å²) in [5.74, 6) is -1.82. The van der Waals surface area contributed by atoms with Gasteiger partial charge >= 0.3 is 6.18 Å². The quantitative estimate of drug-likeness (QED) is 0.340. The van der Waals surface area contributed by atoms with E-state index in [2.05, 4.69) is 15.4 Å². The summed E-state index contributed by atoms with van der Waals surface area (Å²) in [4.78, 5) is 0. The van der Waals surface area contributed by atoms with Crippen LogP contribution in [0.25, 0.3) is 0 Å². The normalized spacial score (nSPS) is 12.7. The Kier molecular flexibility index (Phi) is 3.30. The van der Waals surface area contributed by atoms with Crippen molar-refractivity contribution in [1.29, 1.82) is 0 Å². The van der Waals surface area contributed by atoms with Gasteiger partial charge < -0.3 is 10.5 Å². The SMILES string of the molecule is O/N=C(\Nc1ccc(Cl)nn1)C(F)(F)F. The highest BCUT2D eigenvalue weighted by atomic mass is 35.5. The zero-order chi connectivity index (χ0) is 11.5. The molecule has 1 aromatic heterocycles. The highest BCUT2D eigenvalue weighted by molar-refractivity contribution is 6.29. The van der Waals surface area contributed by atoms with Crippen LogP contribution in [0.5, 0.6) is 0 Å². The molecule has 82 valence electrons. The van der Waals surface area contributed by atoms with Crippen molar-refractivity contribution in [2.24, 2.45) is 5.16 Å². The van der Waals surface area contributed by atoms with E-state index in [-0.39, 0.29) is 11.0 Å². The van der Waals surface area contributed by atoms with Gasteiger partial charge in [-0.15, -0.1) is 10.2 Å². The van der Waals surface area contributed by atoms with Crippen LogP contribution in [0.15, 0.2) is 17.3 Å². The smallest absolute Gasteiger partial charge is 0.409 e. The fourth-order valence-corrected chi connectivity index (χ4v) is 0.757. The molecule has 0 amide bonds. The number of amidine groups is 1. The predicted octanol–water partition coefficient (Wildman–Crippen LogP) is 1.89. The Labute approximate surface area is 86.6 Å². The molecule has 0 atom stereocenters. The molecule has 9 heteroatoms. The molecular weight excluding hydrogens is 237 g/mol. The second-order valence-electron chi connectivity index (χ2n) is 2.31. The highest BCUT2D eigenvalue weighted by Crippen LogP contribution is 2.18. The number of nitrogens with one attached hydrogen (secondary N) is 1. The Morgan fingerprint density at radius 2 is 2.07 bits per heavy atom. The van der Waals surface area contributed by atoms with Crippen LogP contribution >= 0.6 is 11.6 Å². The predicted molar refractivity (Wildman–Crippen MR) is 45.9 cm³/mol. The zero-order valence-electron chi connectivity index (χ0n) is 6.96. The van der Waals surface area contributed by atoms with Crippen LogP contribution in [0.2, 0.25) is 5.15 Å². The third kappa shape index (κ3) is 3.24. The summed E-state index contributed by atoms with van der Waals surface area (Å²) < 4.78 is 36.2. The maximum Gasteiger partial charge on any atom is 0.453 e. The van der Waals surface area contributed by atoms with Gasteiger partial charge in [0.25, 0.3) is 5.84 Å². The van der Waals surface area contributed by atoms with Gasteiger partial charge in [-0.25, -0.2) is 0 Å². The minimum atomic E-state index is -4.80. The van der Waals surface area contributed by atoms with Crippen molar-refractivity contribution in [3.8, 4) is 0 Å². The summed E-state index contributed by atoms with van der Waals surface area (Å²) in [6.45, 7) is 0. The van der Waals surface area contributed by atoms with Crippen LogP contribution in [0, 0.1) is 0 Å². The second kappa shape index (κ2) is 4.30. The number of anilines is 1. The van der Waals surface area contributed by atoms with Crippen molar-refractivity contribution >= 4 is 23.3 Å². The summed E-state index contributed by atoms with van der Waals surface area (Å²) in [6.07, 6.45) is -4.80. The van der Waals surface area contributed by atoms with E-state index in [0.717, 1.165) is 6.07 Å². The molecule has 1 aromatic rings. The van der Waals surface area contributed by atoms with Gasteiger partial charge in [0, 0.05) is 0 Å². The largest absolute Gasteiger partial charge is 0.453 e. The molecule has 5 nitrogen and oxygen atoms in total. The van der Waals surface area contributed by atoms with Gasteiger partial charge in [0.1, 0.15) is 0 Å². The van der Waals surface area contributed by atoms with Crippen molar-refractivity contribution in [3.63, 3.8) is 0 Å². The first kappa shape index (κ1) is 11.5. The van der Waals surface area contributed by atoms with Crippen LogP contribution in [0.1, 0.15) is 0 Å². The molecule has 0 aromatic carbocycles. The summed E-state index contributed by atoms with van der Waals surface area (Å²) in [5, 5.41) is 18.5. The maximum absolute atomic E-state index is 12.1. The molecule has 0 aliphatic rings. The van der Waals surface area contributed by atoms with Gasteiger partial charge in [-0.2, -0.15) is 13.2 Å². The maximum atomic E-state index is 12.1. The number of hydrogen-bond donors (Lipinski definition) is 2. The molecular formula is C6H4ClF3N4O. The van der Waals surface area contributed by atoms with Crippen LogP contribution in [-0.4, -0.2) is 27.4 Å². The Morgan fingerprint density at radius 1 is 1.40 bits per heavy atom. The molecule has 0 radical (unpaired) electrons. The van der Waals surface area contributed by atoms with Gasteiger partial charge in [0.15, 0.2) is 11.0 Å². The number of hydrogen-bond acceptors (Lipinski definition) is 4. The Hall–Kier alpha value is -1.57. The lowest BCUT2D eigenvalue weighted by atomic mass is 10.5. The number of nitrogens with zero attached hydrogens (tertiary/aromatic N) is 3. The van der Waals surface area contributed by atoms with E-state index in [0.29, 0.717) is 0 Å². The van der Waals surface area contributed by atoms with Crippen LogP contribution in [-0.2, 0) is 0 Å². The topological polar surface area (TPSA) is 70.4 Å². The third-order valence-electron chi connectivity index (χ3n) is 1.25. The molecule has 0 aliphatic heterocycles. The summed E-state index contributed by atoms with van der Waals surface area (Å²) in [6, 6.07) is 2.40. The molecule has 0 saturated carbocycles. The minimum Gasteiger partial charge on any atom is -0.409 e. The second-order valence-corrected chi connectivity index (χ2v) is 2.70. The van der Waals surface area contributed by atoms with Gasteiger partial charge in [-0.05, 0) is 12.1 Å². The molecule has 0 saturated heterocycles. The average molecular weight is 241 g/mol. The molecule has 0 aliphatic carbocycles. The van der Waals surface area contributed by atoms with Gasteiger partial charge in [0.2, 0.25) is 0 Å². The standard InChI is InChI=1S/C6H4ClF3N4O/c7-3-1-2-4(13-12-3)11-5(14-15)6(8,9)10/h1-2,15H,(H,11,13,14). The molecule has 1 heterocycles. The van der Waals surface area contributed by atoms with E-state index in [1.54, 1.807) is 5.32 Å². The van der Waals surface area contributed by atoms with Crippen molar-refractivity contribution < 1.29 is 18.4 Å². The van der Waals surface area contributed by atoms with Gasteiger partial charge in [-0.1, -0.05) is 16.8 Å². The number of aromatic nitrogens is 2. The molecule has 15 heavy (non-hydrogen) atoms. The van der Waals surface area contributed by atoms with E-state index in [9.17, 15) is 13.2 Å². The van der Waals surface area contributed by atoms with E-state index in [1.165, 1.54) is 6.07 Å². The Morgan fingerprint density at radius 3 is 2.47 bits per heavy atom. The molecule has 0 unspecified atom stereocenters. The average Bonchev–Trinajstić information content (AvgIpc) is 2.15. The first-order valence-corrected chi connectivity index (χ1v) is 3.87. The Bertz CT molecular complexity index is 364. The van der Waals surface area contributed by atoms with E-state index < -0.39 is 12.0 Å². The molecule has 0 spiro atoms. The minimum absolute atomic E-state index is 0.0371. The molecule has 2 N–H and O–H groups in total. The fraction of sp³-hybridized carbons (Fsp3) is 0.167. The number of rotatable bonds is 1. The first-order valence-electron chi connectivity index (χ1n) is 3.49. The van der Waals surface area contributed by atoms with Crippen LogP contribution < -0.4 is 5.32 Å². The number of halogens is 4. The highest BCUT2D eigenvalue weighted by Gasteiger charge is 2.37. The van der Waals surface area contributed by atoms with E-state index >= 15 is 0 Å².